The highest BCUT2D eigenvalue weighted by Crippen LogP contribution is 2.25. The molecular formula is C10H10BrNOS. The van der Waals surface area contributed by atoms with Gasteiger partial charge >= 0.3 is 0 Å². The molecule has 4 heteroatoms. The van der Waals surface area contributed by atoms with Gasteiger partial charge in [-0.05, 0) is 40.2 Å². The minimum Gasteiger partial charge on any atom is -0.468 e. The second-order valence-electron chi connectivity index (χ2n) is 3.03. The molecule has 0 aliphatic carbocycles. The van der Waals surface area contributed by atoms with Crippen molar-refractivity contribution in [2.24, 2.45) is 5.73 Å². The van der Waals surface area contributed by atoms with Crippen LogP contribution in [0.15, 0.2) is 38.7 Å². The number of hydrogen-bond acceptors (Lipinski definition) is 3. The second-order valence-corrected chi connectivity index (χ2v) is 5.58. The van der Waals surface area contributed by atoms with E-state index >= 15 is 0 Å². The van der Waals surface area contributed by atoms with E-state index in [-0.39, 0.29) is 6.04 Å². The third kappa shape index (κ3) is 2.26. The van der Waals surface area contributed by atoms with Crippen molar-refractivity contribution in [3.05, 3.63) is 45.0 Å². The zero-order valence-corrected chi connectivity index (χ0v) is 9.85. The van der Waals surface area contributed by atoms with Crippen LogP contribution >= 0.6 is 27.3 Å². The lowest BCUT2D eigenvalue weighted by Gasteiger charge is -2.05. The molecule has 0 bridgehead atoms. The topological polar surface area (TPSA) is 39.2 Å². The monoisotopic (exact) mass is 271 g/mol. The quantitative estimate of drug-likeness (QED) is 0.930. The highest BCUT2D eigenvalue weighted by molar-refractivity contribution is 9.11. The molecular weight excluding hydrogens is 262 g/mol. The molecule has 2 aromatic rings. The van der Waals surface area contributed by atoms with Crippen molar-refractivity contribution in [1.82, 2.24) is 0 Å². The highest BCUT2D eigenvalue weighted by Gasteiger charge is 2.10. The van der Waals surface area contributed by atoms with Crippen LogP contribution in [-0.2, 0) is 6.42 Å². The van der Waals surface area contributed by atoms with Gasteiger partial charge in [0.1, 0.15) is 5.76 Å². The van der Waals surface area contributed by atoms with Crippen molar-refractivity contribution in [3.63, 3.8) is 0 Å². The summed E-state index contributed by atoms with van der Waals surface area (Å²) in [5, 5.41) is 0. The fraction of sp³-hybridized carbons (Fsp3) is 0.200. The first kappa shape index (κ1) is 9.96. The summed E-state index contributed by atoms with van der Waals surface area (Å²) in [6, 6.07) is 7.84. The summed E-state index contributed by atoms with van der Waals surface area (Å²) in [5.41, 5.74) is 5.98. The fourth-order valence-electron chi connectivity index (χ4n) is 1.28. The van der Waals surface area contributed by atoms with Gasteiger partial charge in [0, 0.05) is 11.3 Å². The Labute approximate surface area is 94.9 Å². The Morgan fingerprint density at radius 3 is 2.86 bits per heavy atom. The van der Waals surface area contributed by atoms with Gasteiger partial charge in [-0.3, -0.25) is 0 Å². The average Bonchev–Trinajstić information content (AvgIpc) is 2.75. The molecule has 0 saturated heterocycles. The van der Waals surface area contributed by atoms with Gasteiger partial charge in [-0.15, -0.1) is 11.3 Å². The number of furan rings is 1. The standard InChI is InChI=1S/C10H10BrNOS/c11-10-4-3-7(14-10)6-8(12)9-2-1-5-13-9/h1-5,8H,6,12H2. The maximum atomic E-state index is 5.98. The molecule has 2 heterocycles. The summed E-state index contributed by atoms with van der Waals surface area (Å²) in [5.74, 6) is 0.842. The fourth-order valence-corrected chi connectivity index (χ4v) is 2.82. The minimum absolute atomic E-state index is 0.0458. The first-order valence-corrected chi connectivity index (χ1v) is 5.90. The molecule has 14 heavy (non-hydrogen) atoms. The lowest BCUT2D eigenvalue weighted by molar-refractivity contribution is 0.466. The van der Waals surface area contributed by atoms with Gasteiger partial charge in [-0.25, -0.2) is 0 Å². The van der Waals surface area contributed by atoms with Crippen LogP contribution in [0.4, 0.5) is 0 Å². The van der Waals surface area contributed by atoms with E-state index in [1.807, 2.05) is 18.2 Å². The van der Waals surface area contributed by atoms with Crippen molar-refractivity contribution in [2.75, 3.05) is 0 Å². The van der Waals surface area contributed by atoms with Crippen LogP contribution < -0.4 is 5.73 Å². The highest BCUT2D eigenvalue weighted by atomic mass is 79.9. The molecule has 0 amide bonds. The smallest absolute Gasteiger partial charge is 0.120 e. The summed E-state index contributed by atoms with van der Waals surface area (Å²) >= 11 is 5.13. The molecule has 0 aliphatic heterocycles. The summed E-state index contributed by atoms with van der Waals surface area (Å²) < 4.78 is 6.38. The van der Waals surface area contributed by atoms with Gasteiger partial charge in [0.15, 0.2) is 0 Å². The zero-order chi connectivity index (χ0) is 9.97. The number of rotatable bonds is 3. The van der Waals surface area contributed by atoms with Crippen LogP contribution in [0.5, 0.6) is 0 Å². The van der Waals surface area contributed by atoms with Crippen molar-refractivity contribution in [1.29, 1.82) is 0 Å². The Kier molecular flexibility index (Phi) is 3.05. The molecule has 0 radical (unpaired) electrons. The van der Waals surface area contributed by atoms with Gasteiger partial charge in [0.05, 0.1) is 16.1 Å². The summed E-state index contributed by atoms with van der Waals surface area (Å²) in [6.07, 6.45) is 2.48. The van der Waals surface area contributed by atoms with E-state index < -0.39 is 0 Å². The van der Waals surface area contributed by atoms with Gasteiger partial charge in [-0.2, -0.15) is 0 Å². The molecule has 2 nitrogen and oxygen atoms in total. The van der Waals surface area contributed by atoms with E-state index in [0.717, 1.165) is 16.0 Å². The number of hydrogen-bond donors (Lipinski definition) is 1. The normalized spacial score (nSPS) is 13.0. The van der Waals surface area contributed by atoms with Gasteiger partial charge < -0.3 is 10.2 Å². The predicted octanol–water partition coefficient (Wildman–Crippen LogP) is 3.35. The van der Waals surface area contributed by atoms with E-state index in [0.29, 0.717) is 0 Å². The van der Waals surface area contributed by atoms with Crippen LogP contribution in [0.2, 0.25) is 0 Å². The molecule has 0 spiro atoms. The Morgan fingerprint density at radius 2 is 2.29 bits per heavy atom. The first-order valence-electron chi connectivity index (χ1n) is 4.29. The largest absolute Gasteiger partial charge is 0.468 e. The zero-order valence-electron chi connectivity index (χ0n) is 7.44. The predicted molar refractivity (Wildman–Crippen MR) is 61.4 cm³/mol. The van der Waals surface area contributed by atoms with E-state index in [2.05, 4.69) is 22.0 Å². The van der Waals surface area contributed by atoms with Crippen molar-refractivity contribution < 1.29 is 4.42 Å². The van der Waals surface area contributed by atoms with E-state index in [1.165, 1.54) is 4.88 Å². The van der Waals surface area contributed by atoms with Crippen molar-refractivity contribution in [2.45, 2.75) is 12.5 Å². The van der Waals surface area contributed by atoms with E-state index in [1.54, 1.807) is 17.6 Å². The average molecular weight is 272 g/mol. The summed E-state index contributed by atoms with van der Waals surface area (Å²) in [4.78, 5) is 1.26. The second kappa shape index (κ2) is 4.29. The Hall–Kier alpha value is -0.580. The maximum absolute atomic E-state index is 5.98. The molecule has 1 unspecified atom stereocenters. The van der Waals surface area contributed by atoms with Gasteiger partial charge in [0.2, 0.25) is 0 Å². The van der Waals surface area contributed by atoms with Gasteiger partial charge in [0.25, 0.3) is 0 Å². The Balaban J connectivity index is 2.05. The molecule has 0 saturated carbocycles. The third-order valence-electron chi connectivity index (χ3n) is 1.96. The van der Waals surface area contributed by atoms with Crippen LogP contribution in [0, 0.1) is 0 Å². The van der Waals surface area contributed by atoms with Crippen LogP contribution in [0.25, 0.3) is 0 Å². The number of nitrogens with two attached hydrogens (primary N) is 1. The molecule has 0 aliphatic rings. The molecule has 2 N–H and O–H groups in total. The molecule has 74 valence electrons. The Bertz CT molecular complexity index is 396. The maximum Gasteiger partial charge on any atom is 0.120 e. The van der Waals surface area contributed by atoms with Gasteiger partial charge in [-0.1, -0.05) is 0 Å². The molecule has 1 atom stereocenters. The van der Waals surface area contributed by atoms with Crippen LogP contribution in [-0.4, -0.2) is 0 Å². The van der Waals surface area contributed by atoms with Crippen molar-refractivity contribution in [3.8, 4) is 0 Å². The SMILES string of the molecule is NC(Cc1ccc(Br)s1)c1ccco1. The van der Waals surface area contributed by atoms with Crippen LogP contribution in [0.3, 0.4) is 0 Å². The summed E-state index contributed by atoms with van der Waals surface area (Å²) in [7, 11) is 0. The third-order valence-corrected chi connectivity index (χ3v) is 3.60. The lowest BCUT2D eigenvalue weighted by atomic mass is 10.1. The van der Waals surface area contributed by atoms with Crippen molar-refractivity contribution >= 4 is 27.3 Å². The molecule has 0 aromatic carbocycles. The van der Waals surface area contributed by atoms with Crippen LogP contribution in [0.1, 0.15) is 16.7 Å². The number of halogens is 1. The van der Waals surface area contributed by atoms with E-state index in [4.69, 9.17) is 10.2 Å². The molecule has 2 aromatic heterocycles. The number of thiophene rings is 1. The molecule has 2 rings (SSSR count). The summed E-state index contributed by atoms with van der Waals surface area (Å²) in [6.45, 7) is 0. The van der Waals surface area contributed by atoms with E-state index in [9.17, 15) is 0 Å². The minimum atomic E-state index is -0.0458. The Morgan fingerprint density at radius 1 is 1.43 bits per heavy atom. The lowest BCUT2D eigenvalue weighted by Crippen LogP contribution is -2.11. The first-order chi connectivity index (χ1) is 6.75. The molecule has 0 fully saturated rings.